The molecular weight excluding hydrogens is 330 g/mol. The van der Waals surface area contributed by atoms with Crippen LogP contribution in [-0.2, 0) is 11.3 Å². The molecule has 0 saturated carbocycles. The molecule has 0 aromatic heterocycles. The number of benzene rings is 2. The normalized spacial score (nSPS) is 14.2. The molecule has 0 bridgehead atoms. The molecule has 1 heterocycles. The summed E-state index contributed by atoms with van der Waals surface area (Å²) in [4.78, 5) is 14.5. The van der Waals surface area contributed by atoms with Crippen molar-refractivity contribution in [2.75, 3.05) is 33.4 Å². The molecule has 0 unspecified atom stereocenters. The van der Waals surface area contributed by atoms with Crippen LogP contribution in [0, 0.1) is 13.8 Å². The summed E-state index contributed by atoms with van der Waals surface area (Å²) in [5.41, 5.74) is 3.81. The van der Waals surface area contributed by atoms with Crippen LogP contribution >= 0.6 is 0 Å². The van der Waals surface area contributed by atoms with E-state index in [2.05, 4.69) is 6.07 Å². The number of morpholine rings is 1. The predicted octanol–water partition coefficient (Wildman–Crippen LogP) is 3.36. The zero-order valence-corrected chi connectivity index (χ0v) is 15.6. The molecule has 1 fully saturated rings. The van der Waals surface area contributed by atoms with Crippen molar-refractivity contribution in [2.24, 2.45) is 0 Å². The zero-order valence-electron chi connectivity index (χ0n) is 15.6. The predicted molar refractivity (Wildman–Crippen MR) is 100.0 cm³/mol. The molecule has 5 nitrogen and oxygen atoms in total. The van der Waals surface area contributed by atoms with E-state index in [1.165, 1.54) is 0 Å². The number of carbonyl (C=O) groups is 1. The first-order valence-corrected chi connectivity index (χ1v) is 8.82. The van der Waals surface area contributed by atoms with Crippen molar-refractivity contribution in [1.82, 2.24) is 4.90 Å². The number of hydrogen-bond acceptors (Lipinski definition) is 4. The monoisotopic (exact) mass is 355 g/mol. The highest BCUT2D eigenvalue weighted by Crippen LogP contribution is 2.24. The van der Waals surface area contributed by atoms with Gasteiger partial charge in [-0.25, -0.2) is 0 Å². The van der Waals surface area contributed by atoms with Crippen molar-refractivity contribution in [3.63, 3.8) is 0 Å². The van der Waals surface area contributed by atoms with Gasteiger partial charge in [0.1, 0.15) is 18.1 Å². The second kappa shape index (κ2) is 8.23. The van der Waals surface area contributed by atoms with Crippen molar-refractivity contribution in [3.05, 3.63) is 58.7 Å². The fraction of sp³-hybridized carbons (Fsp3) is 0.381. The minimum absolute atomic E-state index is 0.0172. The first-order valence-electron chi connectivity index (χ1n) is 8.82. The second-order valence-corrected chi connectivity index (χ2v) is 6.54. The molecule has 0 atom stereocenters. The van der Waals surface area contributed by atoms with Gasteiger partial charge < -0.3 is 19.1 Å². The van der Waals surface area contributed by atoms with Gasteiger partial charge in [0.15, 0.2) is 0 Å². The van der Waals surface area contributed by atoms with Crippen LogP contribution in [-0.4, -0.2) is 44.2 Å². The van der Waals surface area contributed by atoms with Crippen LogP contribution in [0.2, 0.25) is 0 Å². The Kier molecular flexibility index (Phi) is 5.78. The van der Waals surface area contributed by atoms with Gasteiger partial charge >= 0.3 is 0 Å². The van der Waals surface area contributed by atoms with E-state index in [1.807, 2.05) is 43.0 Å². The Morgan fingerprint density at radius 3 is 2.42 bits per heavy atom. The summed E-state index contributed by atoms with van der Waals surface area (Å²) in [6.45, 7) is 6.86. The summed E-state index contributed by atoms with van der Waals surface area (Å²) < 4.78 is 16.7. The van der Waals surface area contributed by atoms with E-state index >= 15 is 0 Å². The van der Waals surface area contributed by atoms with E-state index in [0.29, 0.717) is 44.2 Å². The lowest BCUT2D eigenvalue weighted by molar-refractivity contribution is 0.0302. The Labute approximate surface area is 154 Å². The molecule has 0 N–H and O–H groups in total. The van der Waals surface area contributed by atoms with Gasteiger partial charge in [0, 0.05) is 24.2 Å². The third-order valence-electron chi connectivity index (χ3n) is 4.42. The summed E-state index contributed by atoms with van der Waals surface area (Å²) in [7, 11) is 1.62. The maximum absolute atomic E-state index is 12.7. The molecular formula is C21H25NO4. The summed E-state index contributed by atoms with van der Waals surface area (Å²) >= 11 is 0. The Hall–Kier alpha value is -2.53. The molecule has 5 heteroatoms. The summed E-state index contributed by atoms with van der Waals surface area (Å²) in [5.74, 6) is 1.55. The number of ether oxygens (including phenoxy) is 3. The molecule has 1 aliphatic rings. The van der Waals surface area contributed by atoms with Crippen LogP contribution < -0.4 is 9.47 Å². The minimum atomic E-state index is 0.0172. The highest BCUT2D eigenvalue weighted by molar-refractivity contribution is 5.94. The largest absolute Gasteiger partial charge is 0.496 e. The van der Waals surface area contributed by atoms with Crippen LogP contribution in [0.5, 0.6) is 11.5 Å². The van der Waals surface area contributed by atoms with Crippen molar-refractivity contribution in [3.8, 4) is 11.5 Å². The Morgan fingerprint density at radius 2 is 1.77 bits per heavy atom. The first-order chi connectivity index (χ1) is 12.6. The molecule has 1 saturated heterocycles. The molecule has 0 radical (unpaired) electrons. The van der Waals surface area contributed by atoms with Crippen LogP contribution in [0.1, 0.15) is 27.0 Å². The third-order valence-corrected chi connectivity index (χ3v) is 4.42. The average Bonchev–Trinajstić information content (AvgIpc) is 2.65. The Bertz CT molecular complexity index is 761. The first kappa shape index (κ1) is 18.3. The zero-order chi connectivity index (χ0) is 18.5. The highest BCUT2D eigenvalue weighted by Gasteiger charge is 2.19. The molecule has 1 aliphatic heterocycles. The molecule has 1 amide bonds. The van der Waals surface area contributed by atoms with Crippen LogP contribution in [0.4, 0.5) is 0 Å². The topological polar surface area (TPSA) is 48.0 Å². The number of rotatable bonds is 5. The van der Waals surface area contributed by atoms with E-state index < -0.39 is 0 Å². The van der Waals surface area contributed by atoms with Gasteiger partial charge in [-0.15, -0.1) is 0 Å². The van der Waals surface area contributed by atoms with Crippen LogP contribution in [0.15, 0.2) is 36.4 Å². The maximum Gasteiger partial charge on any atom is 0.254 e. The molecule has 0 aliphatic carbocycles. The van der Waals surface area contributed by atoms with Gasteiger partial charge in [0.05, 0.1) is 20.3 Å². The number of carbonyl (C=O) groups excluding carboxylic acids is 1. The molecule has 0 spiro atoms. The van der Waals surface area contributed by atoms with Crippen molar-refractivity contribution < 1.29 is 19.0 Å². The lowest BCUT2D eigenvalue weighted by Gasteiger charge is -2.27. The van der Waals surface area contributed by atoms with Crippen LogP contribution in [0.3, 0.4) is 0 Å². The highest BCUT2D eigenvalue weighted by atomic mass is 16.5. The van der Waals surface area contributed by atoms with Gasteiger partial charge in [-0.1, -0.05) is 6.07 Å². The fourth-order valence-electron chi connectivity index (χ4n) is 3.15. The van der Waals surface area contributed by atoms with E-state index in [0.717, 1.165) is 22.4 Å². The average molecular weight is 355 g/mol. The van der Waals surface area contributed by atoms with Gasteiger partial charge in [-0.3, -0.25) is 4.79 Å². The van der Waals surface area contributed by atoms with Gasteiger partial charge in [-0.2, -0.15) is 0 Å². The molecule has 26 heavy (non-hydrogen) atoms. The second-order valence-electron chi connectivity index (χ2n) is 6.54. The standard InChI is InChI=1S/C21H25NO4/c1-15-10-16(2)12-19(11-15)26-14-18-13-17(4-5-20(18)24-3)21(23)22-6-8-25-9-7-22/h4-5,10-13H,6-9,14H2,1-3H3. The summed E-state index contributed by atoms with van der Waals surface area (Å²) in [6, 6.07) is 11.6. The number of amides is 1. The SMILES string of the molecule is COc1ccc(C(=O)N2CCOCC2)cc1COc1cc(C)cc(C)c1. The maximum atomic E-state index is 12.7. The molecule has 138 valence electrons. The number of nitrogens with zero attached hydrogens (tertiary/aromatic N) is 1. The van der Waals surface area contributed by atoms with E-state index in [9.17, 15) is 4.79 Å². The van der Waals surface area contributed by atoms with Crippen LogP contribution in [0.25, 0.3) is 0 Å². The van der Waals surface area contributed by atoms with E-state index in [4.69, 9.17) is 14.2 Å². The number of hydrogen-bond donors (Lipinski definition) is 0. The van der Waals surface area contributed by atoms with E-state index in [-0.39, 0.29) is 5.91 Å². The lowest BCUT2D eigenvalue weighted by atomic mass is 10.1. The van der Waals surface area contributed by atoms with Gasteiger partial charge in [0.2, 0.25) is 0 Å². The Balaban J connectivity index is 1.77. The van der Waals surface area contributed by atoms with Crippen molar-refractivity contribution >= 4 is 5.91 Å². The van der Waals surface area contributed by atoms with Crippen molar-refractivity contribution in [2.45, 2.75) is 20.5 Å². The molecule has 2 aromatic carbocycles. The van der Waals surface area contributed by atoms with Crippen molar-refractivity contribution in [1.29, 1.82) is 0 Å². The summed E-state index contributed by atoms with van der Waals surface area (Å²) in [6.07, 6.45) is 0. The summed E-state index contributed by atoms with van der Waals surface area (Å²) in [5, 5.41) is 0. The number of aryl methyl sites for hydroxylation is 2. The third kappa shape index (κ3) is 4.35. The van der Waals surface area contributed by atoms with Gasteiger partial charge in [-0.05, 0) is 55.3 Å². The molecule has 3 rings (SSSR count). The fourth-order valence-corrected chi connectivity index (χ4v) is 3.15. The Morgan fingerprint density at radius 1 is 1.08 bits per heavy atom. The van der Waals surface area contributed by atoms with Gasteiger partial charge in [0.25, 0.3) is 5.91 Å². The minimum Gasteiger partial charge on any atom is -0.496 e. The van der Waals surface area contributed by atoms with E-state index in [1.54, 1.807) is 13.2 Å². The number of methoxy groups -OCH3 is 1. The molecule has 2 aromatic rings. The lowest BCUT2D eigenvalue weighted by Crippen LogP contribution is -2.40. The smallest absolute Gasteiger partial charge is 0.254 e. The quantitative estimate of drug-likeness (QED) is 0.825.